The van der Waals surface area contributed by atoms with Crippen LogP contribution in [0.3, 0.4) is 0 Å². The summed E-state index contributed by atoms with van der Waals surface area (Å²) in [5.74, 6) is -0.259. The summed E-state index contributed by atoms with van der Waals surface area (Å²) in [7, 11) is 0. The number of carbonyl (C=O) groups excluding carboxylic acids is 2. The minimum Gasteiger partial charge on any atom is -0.354 e. The monoisotopic (exact) mass is 327 g/mol. The zero-order valence-electron chi connectivity index (χ0n) is 11.1. The van der Waals surface area contributed by atoms with Crippen LogP contribution in [0.15, 0.2) is 22.9 Å². The molecule has 0 bridgehead atoms. The lowest BCUT2D eigenvalue weighted by Crippen LogP contribution is -2.35. The molecule has 5 nitrogen and oxygen atoms in total. The number of nitrogens with one attached hydrogen (secondary N) is 2. The fraction of sp³-hybridized carbons (Fsp3) is 0.462. The second-order valence-corrected chi connectivity index (χ2v) is 5.06. The molecule has 19 heavy (non-hydrogen) atoms. The van der Waals surface area contributed by atoms with E-state index in [-0.39, 0.29) is 24.3 Å². The van der Waals surface area contributed by atoms with Gasteiger partial charge in [-0.1, -0.05) is 6.92 Å². The average molecular weight is 328 g/mol. The third-order valence-electron chi connectivity index (χ3n) is 2.65. The van der Waals surface area contributed by atoms with E-state index in [1.807, 2.05) is 13.8 Å². The van der Waals surface area contributed by atoms with E-state index in [1.165, 1.54) is 0 Å². The molecular formula is C13H18BrN3O2. The Morgan fingerprint density at radius 3 is 2.84 bits per heavy atom. The number of halogens is 1. The summed E-state index contributed by atoms with van der Waals surface area (Å²) in [5, 5.41) is 5.54. The molecule has 1 aromatic heterocycles. The average Bonchev–Trinajstić information content (AvgIpc) is 2.38. The van der Waals surface area contributed by atoms with Gasteiger partial charge in [0, 0.05) is 30.8 Å². The predicted octanol–water partition coefficient (Wildman–Crippen LogP) is 1.88. The molecule has 0 aliphatic carbocycles. The first-order valence-electron chi connectivity index (χ1n) is 6.22. The van der Waals surface area contributed by atoms with Crippen molar-refractivity contribution in [1.82, 2.24) is 15.6 Å². The van der Waals surface area contributed by atoms with Gasteiger partial charge < -0.3 is 10.6 Å². The second-order valence-electron chi connectivity index (χ2n) is 4.25. The van der Waals surface area contributed by atoms with E-state index in [0.29, 0.717) is 16.7 Å². The van der Waals surface area contributed by atoms with Crippen molar-refractivity contribution in [3.63, 3.8) is 0 Å². The molecule has 6 heteroatoms. The van der Waals surface area contributed by atoms with Gasteiger partial charge in [-0.15, -0.1) is 0 Å². The van der Waals surface area contributed by atoms with Crippen LogP contribution in [-0.4, -0.2) is 29.4 Å². The van der Waals surface area contributed by atoms with Crippen LogP contribution in [0.5, 0.6) is 0 Å². The number of pyridine rings is 1. The summed E-state index contributed by atoms with van der Waals surface area (Å²) < 4.78 is 0.606. The molecule has 2 N–H and O–H groups in total. The minimum absolute atomic E-state index is 0.0504. The normalized spacial score (nSPS) is 11.7. The first-order valence-corrected chi connectivity index (χ1v) is 7.01. The van der Waals surface area contributed by atoms with Crippen molar-refractivity contribution in [2.75, 3.05) is 6.54 Å². The van der Waals surface area contributed by atoms with Gasteiger partial charge >= 0.3 is 0 Å². The lowest BCUT2D eigenvalue weighted by Gasteiger charge is -2.11. The number of nitrogens with zero attached hydrogens (tertiary/aromatic N) is 1. The molecule has 2 amide bonds. The first kappa shape index (κ1) is 15.6. The number of aromatic nitrogens is 1. The molecule has 1 heterocycles. The van der Waals surface area contributed by atoms with Crippen molar-refractivity contribution < 1.29 is 9.59 Å². The highest BCUT2D eigenvalue weighted by Gasteiger charge is 2.08. The van der Waals surface area contributed by atoms with Crippen LogP contribution in [0.1, 0.15) is 37.0 Å². The summed E-state index contributed by atoms with van der Waals surface area (Å²) in [4.78, 5) is 27.2. The van der Waals surface area contributed by atoms with E-state index in [4.69, 9.17) is 0 Å². The maximum Gasteiger partial charge on any atom is 0.251 e. The van der Waals surface area contributed by atoms with Crippen molar-refractivity contribution in [1.29, 1.82) is 0 Å². The highest BCUT2D eigenvalue weighted by Crippen LogP contribution is 2.07. The molecule has 0 fully saturated rings. The molecule has 0 aliphatic heterocycles. The van der Waals surface area contributed by atoms with Gasteiger partial charge in [0.15, 0.2) is 0 Å². The minimum atomic E-state index is -0.209. The SMILES string of the molecule is CCC(C)NC(=O)CCNC(=O)c1ccnc(Br)c1. The highest BCUT2D eigenvalue weighted by molar-refractivity contribution is 9.10. The molecule has 0 radical (unpaired) electrons. The third kappa shape index (κ3) is 5.83. The molecule has 1 unspecified atom stereocenters. The third-order valence-corrected chi connectivity index (χ3v) is 3.08. The van der Waals surface area contributed by atoms with E-state index >= 15 is 0 Å². The number of rotatable bonds is 6. The quantitative estimate of drug-likeness (QED) is 0.783. The van der Waals surface area contributed by atoms with Gasteiger partial charge in [0.05, 0.1) is 0 Å². The topological polar surface area (TPSA) is 71.1 Å². The zero-order chi connectivity index (χ0) is 14.3. The Morgan fingerprint density at radius 1 is 1.47 bits per heavy atom. The van der Waals surface area contributed by atoms with Crippen LogP contribution >= 0.6 is 15.9 Å². The van der Waals surface area contributed by atoms with Gasteiger partial charge in [0.1, 0.15) is 4.60 Å². The summed E-state index contributed by atoms with van der Waals surface area (Å²) in [6, 6.07) is 3.42. The number of carbonyl (C=O) groups is 2. The van der Waals surface area contributed by atoms with E-state index in [1.54, 1.807) is 18.3 Å². The van der Waals surface area contributed by atoms with Crippen LogP contribution in [-0.2, 0) is 4.79 Å². The summed E-state index contributed by atoms with van der Waals surface area (Å²) in [6.07, 6.45) is 2.72. The zero-order valence-corrected chi connectivity index (χ0v) is 12.7. The highest BCUT2D eigenvalue weighted by atomic mass is 79.9. The second kappa shape index (κ2) is 7.89. The maximum absolute atomic E-state index is 11.8. The summed E-state index contributed by atoms with van der Waals surface area (Å²) in [5.41, 5.74) is 0.518. The van der Waals surface area contributed by atoms with Crippen LogP contribution in [0, 0.1) is 0 Å². The molecular weight excluding hydrogens is 310 g/mol. The molecule has 0 saturated carbocycles. The van der Waals surface area contributed by atoms with Gasteiger partial charge in [-0.05, 0) is 41.4 Å². The lowest BCUT2D eigenvalue weighted by atomic mass is 10.2. The molecule has 0 spiro atoms. The lowest BCUT2D eigenvalue weighted by molar-refractivity contribution is -0.121. The van der Waals surface area contributed by atoms with Crippen LogP contribution in [0.2, 0.25) is 0 Å². The summed E-state index contributed by atoms with van der Waals surface area (Å²) >= 11 is 3.20. The largest absolute Gasteiger partial charge is 0.354 e. The first-order chi connectivity index (χ1) is 9.02. The van der Waals surface area contributed by atoms with Crippen molar-refractivity contribution in [2.24, 2.45) is 0 Å². The van der Waals surface area contributed by atoms with Crippen molar-refractivity contribution >= 4 is 27.7 Å². The van der Waals surface area contributed by atoms with Gasteiger partial charge in [-0.2, -0.15) is 0 Å². The Hall–Kier alpha value is -1.43. The molecule has 0 aliphatic rings. The van der Waals surface area contributed by atoms with E-state index in [9.17, 15) is 9.59 Å². The Balaban J connectivity index is 2.33. The van der Waals surface area contributed by atoms with E-state index in [0.717, 1.165) is 6.42 Å². The Bertz CT molecular complexity index is 451. The fourth-order valence-electron chi connectivity index (χ4n) is 1.38. The Kier molecular flexibility index (Phi) is 6.49. The molecule has 0 saturated heterocycles. The van der Waals surface area contributed by atoms with E-state index in [2.05, 4.69) is 31.5 Å². The molecule has 0 aromatic carbocycles. The van der Waals surface area contributed by atoms with Gasteiger partial charge in [-0.3, -0.25) is 9.59 Å². The fourth-order valence-corrected chi connectivity index (χ4v) is 1.75. The number of amides is 2. The van der Waals surface area contributed by atoms with Crippen LogP contribution < -0.4 is 10.6 Å². The Labute approximate surface area is 121 Å². The van der Waals surface area contributed by atoms with Gasteiger partial charge in [0.25, 0.3) is 5.91 Å². The van der Waals surface area contributed by atoms with Crippen molar-refractivity contribution in [3.05, 3.63) is 28.5 Å². The molecule has 1 atom stereocenters. The van der Waals surface area contributed by atoms with Crippen LogP contribution in [0.4, 0.5) is 0 Å². The molecule has 1 rings (SSSR count). The standard InChI is InChI=1S/C13H18BrN3O2/c1-3-9(2)17-12(18)5-7-16-13(19)10-4-6-15-11(14)8-10/h4,6,8-9H,3,5,7H2,1-2H3,(H,16,19)(H,17,18). The summed E-state index contributed by atoms with van der Waals surface area (Å²) in [6.45, 7) is 4.28. The maximum atomic E-state index is 11.8. The van der Waals surface area contributed by atoms with Gasteiger partial charge in [0.2, 0.25) is 5.91 Å². The molecule has 104 valence electrons. The number of hydrogen-bond donors (Lipinski definition) is 2. The van der Waals surface area contributed by atoms with E-state index < -0.39 is 0 Å². The smallest absolute Gasteiger partial charge is 0.251 e. The number of hydrogen-bond acceptors (Lipinski definition) is 3. The van der Waals surface area contributed by atoms with Crippen molar-refractivity contribution in [2.45, 2.75) is 32.7 Å². The van der Waals surface area contributed by atoms with Gasteiger partial charge in [-0.25, -0.2) is 4.98 Å². The molecule has 1 aromatic rings. The van der Waals surface area contributed by atoms with Crippen molar-refractivity contribution in [3.8, 4) is 0 Å². The predicted molar refractivity (Wildman–Crippen MR) is 76.8 cm³/mol. The Morgan fingerprint density at radius 2 is 2.21 bits per heavy atom. The van der Waals surface area contributed by atoms with Crippen LogP contribution in [0.25, 0.3) is 0 Å².